The van der Waals surface area contributed by atoms with Crippen molar-refractivity contribution in [3.05, 3.63) is 12.2 Å². The van der Waals surface area contributed by atoms with Gasteiger partial charge in [0, 0.05) is 48.9 Å². The minimum atomic E-state index is -1.41. The molecule has 1 spiro atoms. The molecule has 4 saturated carbocycles. The molecule has 35 heavy (non-hydrogen) atoms. The van der Waals surface area contributed by atoms with Crippen LogP contribution in [0.1, 0.15) is 60.8 Å². The van der Waals surface area contributed by atoms with Crippen LogP contribution >= 0.6 is 0 Å². The number of aliphatic hydroxyl groups is 2. The molecular weight excluding hydrogens is 456 g/mol. The van der Waals surface area contributed by atoms with Crippen molar-refractivity contribution in [2.75, 3.05) is 0 Å². The number of ketones is 1. The number of Topliss-reactive ketones (excluding diaryl/α,β-unsaturated/α-hetero) is 1. The molecule has 0 aromatic heterocycles. The molecule has 0 aromatic rings. The molecule has 4 aliphatic rings. The van der Waals surface area contributed by atoms with E-state index in [-0.39, 0.29) is 18.1 Å². The summed E-state index contributed by atoms with van der Waals surface area (Å²) in [6.07, 6.45) is -4.50. The van der Waals surface area contributed by atoms with Crippen LogP contribution in [-0.2, 0) is 33.4 Å². The number of ether oxygens (including phenoxy) is 3. The monoisotopic (exact) mass is 492 g/mol. The van der Waals surface area contributed by atoms with E-state index < -0.39 is 76.5 Å². The fourth-order valence-electron chi connectivity index (χ4n) is 8.65. The van der Waals surface area contributed by atoms with Gasteiger partial charge in [0.15, 0.2) is 11.9 Å². The Morgan fingerprint density at radius 2 is 1.49 bits per heavy atom. The molecule has 0 amide bonds. The Hall–Kier alpha value is -2.26. The maximum absolute atomic E-state index is 13.7. The highest BCUT2D eigenvalue weighted by atomic mass is 16.6. The summed E-state index contributed by atoms with van der Waals surface area (Å²) in [6, 6.07) is 0. The van der Waals surface area contributed by atoms with Crippen LogP contribution in [0.2, 0.25) is 0 Å². The molecule has 9 heteroatoms. The number of fused-ring (bicyclic) bond motifs is 3. The average molecular weight is 493 g/mol. The van der Waals surface area contributed by atoms with Crippen molar-refractivity contribution in [1.29, 1.82) is 0 Å². The van der Waals surface area contributed by atoms with Crippen molar-refractivity contribution in [3.63, 3.8) is 0 Å². The summed E-state index contributed by atoms with van der Waals surface area (Å²) >= 11 is 0. The Bertz CT molecular complexity index is 985. The first kappa shape index (κ1) is 25.8. The molecule has 2 N–H and O–H groups in total. The fourth-order valence-corrected chi connectivity index (χ4v) is 8.65. The number of allylic oxidation sites excluding steroid dienone is 1. The van der Waals surface area contributed by atoms with Crippen LogP contribution in [0.15, 0.2) is 12.2 Å². The van der Waals surface area contributed by atoms with Gasteiger partial charge in [-0.3, -0.25) is 19.2 Å². The van der Waals surface area contributed by atoms with Crippen molar-refractivity contribution in [3.8, 4) is 0 Å². The van der Waals surface area contributed by atoms with Gasteiger partial charge in [-0.25, -0.2) is 0 Å². The Morgan fingerprint density at radius 3 is 2.03 bits per heavy atom. The number of hydrogen-bond donors (Lipinski definition) is 2. The van der Waals surface area contributed by atoms with Gasteiger partial charge in [0.05, 0.1) is 6.10 Å². The number of carbonyl (C=O) groups excluding carboxylic acids is 4. The molecule has 2 bridgehead atoms. The van der Waals surface area contributed by atoms with E-state index in [2.05, 4.69) is 6.58 Å². The molecule has 0 saturated heterocycles. The predicted octanol–water partition coefficient (Wildman–Crippen LogP) is 1.72. The van der Waals surface area contributed by atoms with Crippen LogP contribution in [0.5, 0.6) is 0 Å². The minimum absolute atomic E-state index is 0.116. The van der Waals surface area contributed by atoms with Crippen molar-refractivity contribution in [2.24, 2.45) is 34.0 Å². The zero-order valence-corrected chi connectivity index (χ0v) is 21.2. The molecular formula is C26H36O9. The molecule has 0 aromatic carbocycles. The lowest BCUT2D eigenvalue weighted by atomic mass is 9.38. The van der Waals surface area contributed by atoms with Crippen LogP contribution in [0.25, 0.3) is 0 Å². The third kappa shape index (κ3) is 3.49. The normalized spacial score (nSPS) is 45.7. The average Bonchev–Trinajstić information content (AvgIpc) is 2.88. The second-order valence-corrected chi connectivity index (χ2v) is 11.8. The topological polar surface area (TPSA) is 136 Å². The van der Waals surface area contributed by atoms with Gasteiger partial charge >= 0.3 is 17.9 Å². The van der Waals surface area contributed by atoms with Crippen LogP contribution in [-0.4, -0.2) is 64.4 Å². The molecule has 4 rings (SSSR count). The first-order chi connectivity index (χ1) is 16.1. The Balaban J connectivity index is 1.94. The van der Waals surface area contributed by atoms with Crippen molar-refractivity contribution in [1.82, 2.24) is 0 Å². The summed E-state index contributed by atoms with van der Waals surface area (Å²) in [4.78, 5) is 49.9. The van der Waals surface area contributed by atoms with Crippen molar-refractivity contribution in [2.45, 2.75) is 91.3 Å². The molecule has 10 unspecified atom stereocenters. The van der Waals surface area contributed by atoms with Gasteiger partial charge in [-0.1, -0.05) is 27.4 Å². The Labute approximate surface area is 205 Å². The largest absolute Gasteiger partial charge is 0.462 e. The SMILES string of the molecule is C=C1C(=O)C23CC1CC(OC(C)=O)C2C1(C)C(O)C(OC(C)=O)C(OC(C)=O)C(C)(C)C1C(O)C3. The van der Waals surface area contributed by atoms with Gasteiger partial charge in [0.1, 0.15) is 18.3 Å². The predicted molar refractivity (Wildman–Crippen MR) is 121 cm³/mol. The fraction of sp³-hybridized carbons (Fsp3) is 0.769. The molecule has 10 atom stereocenters. The van der Waals surface area contributed by atoms with E-state index in [1.165, 1.54) is 20.8 Å². The second-order valence-electron chi connectivity index (χ2n) is 11.8. The molecule has 4 aliphatic carbocycles. The minimum Gasteiger partial charge on any atom is -0.462 e. The zero-order chi connectivity index (χ0) is 26.2. The smallest absolute Gasteiger partial charge is 0.303 e. The molecule has 4 fully saturated rings. The lowest BCUT2D eigenvalue weighted by Crippen LogP contribution is -2.76. The van der Waals surface area contributed by atoms with Gasteiger partial charge in [0.2, 0.25) is 0 Å². The molecule has 0 radical (unpaired) electrons. The first-order valence-electron chi connectivity index (χ1n) is 12.2. The van der Waals surface area contributed by atoms with Crippen molar-refractivity contribution >= 4 is 23.7 Å². The maximum Gasteiger partial charge on any atom is 0.303 e. The number of aliphatic hydroxyl groups excluding tert-OH is 2. The Morgan fingerprint density at radius 1 is 0.914 bits per heavy atom. The van der Waals surface area contributed by atoms with E-state index in [1.54, 1.807) is 20.8 Å². The second kappa shape index (κ2) is 8.13. The zero-order valence-electron chi connectivity index (χ0n) is 21.2. The molecule has 9 nitrogen and oxygen atoms in total. The summed E-state index contributed by atoms with van der Waals surface area (Å²) < 4.78 is 17.0. The van der Waals surface area contributed by atoms with Gasteiger partial charge in [-0.2, -0.15) is 0 Å². The highest BCUT2D eigenvalue weighted by molar-refractivity contribution is 6.03. The number of carbonyl (C=O) groups is 4. The lowest BCUT2D eigenvalue weighted by Gasteiger charge is -2.68. The number of rotatable bonds is 3. The summed E-state index contributed by atoms with van der Waals surface area (Å²) in [5.74, 6) is -3.47. The first-order valence-corrected chi connectivity index (χ1v) is 12.2. The lowest BCUT2D eigenvalue weighted by molar-refractivity contribution is -0.306. The van der Waals surface area contributed by atoms with Crippen LogP contribution in [0.4, 0.5) is 0 Å². The van der Waals surface area contributed by atoms with E-state index in [1.807, 2.05) is 0 Å². The van der Waals surface area contributed by atoms with Crippen LogP contribution in [0, 0.1) is 34.0 Å². The highest BCUT2D eigenvalue weighted by Crippen LogP contribution is 2.71. The van der Waals surface area contributed by atoms with Gasteiger partial charge < -0.3 is 24.4 Å². The van der Waals surface area contributed by atoms with E-state index in [0.29, 0.717) is 18.4 Å². The third-order valence-electron chi connectivity index (χ3n) is 9.32. The third-order valence-corrected chi connectivity index (χ3v) is 9.32. The maximum atomic E-state index is 13.7. The van der Waals surface area contributed by atoms with Gasteiger partial charge in [0.25, 0.3) is 0 Å². The highest BCUT2D eigenvalue weighted by Gasteiger charge is 2.77. The Kier molecular flexibility index (Phi) is 6.00. The van der Waals surface area contributed by atoms with Crippen LogP contribution in [0.3, 0.4) is 0 Å². The molecule has 194 valence electrons. The van der Waals surface area contributed by atoms with Gasteiger partial charge in [-0.15, -0.1) is 0 Å². The summed E-state index contributed by atoms with van der Waals surface area (Å²) in [5.41, 5.74) is -2.82. The molecule has 0 heterocycles. The molecule has 0 aliphatic heterocycles. The standard InChI is InChI=1S/C26H36O9/c1-11-15-8-17(33-12(2)27)20-25(7)19(16(30)10-26(20,9-15)21(11)31)24(5,6)23(35-14(4)29)18(22(25)32)34-13(3)28/h15-20,22-23,30,32H,1,8-10H2,2-7H3. The van der Waals surface area contributed by atoms with Crippen molar-refractivity contribution < 1.29 is 43.6 Å². The van der Waals surface area contributed by atoms with Crippen LogP contribution < -0.4 is 0 Å². The number of hydrogen-bond acceptors (Lipinski definition) is 9. The van der Waals surface area contributed by atoms with E-state index in [0.717, 1.165) is 0 Å². The van der Waals surface area contributed by atoms with E-state index in [4.69, 9.17) is 14.2 Å². The summed E-state index contributed by atoms with van der Waals surface area (Å²) in [6.45, 7) is 13.1. The van der Waals surface area contributed by atoms with E-state index >= 15 is 0 Å². The van der Waals surface area contributed by atoms with E-state index in [9.17, 15) is 29.4 Å². The summed E-state index contributed by atoms with van der Waals surface area (Å²) in [5, 5.41) is 23.5. The summed E-state index contributed by atoms with van der Waals surface area (Å²) in [7, 11) is 0. The number of esters is 3. The quantitative estimate of drug-likeness (QED) is 0.343. The van der Waals surface area contributed by atoms with Gasteiger partial charge in [-0.05, 0) is 30.8 Å².